The van der Waals surface area contributed by atoms with Gasteiger partial charge in [-0.3, -0.25) is 4.68 Å². The maximum Gasteiger partial charge on any atom is 0.0624 e. The number of hydrogen-bond acceptors (Lipinski definition) is 2. The summed E-state index contributed by atoms with van der Waals surface area (Å²) in [5.41, 5.74) is 11.1. The molecule has 3 nitrogen and oxygen atoms in total. The molecule has 0 spiro atoms. The number of nitrogens with zero attached hydrogens (tertiary/aromatic N) is 2. The fraction of sp³-hybridized carbons (Fsp3) is 0.500. The van der Waals surface area contributed by atoms with Crippen molar-refractivity contribution in [1.29, 1.82) is 0 Å². The molecule has 0 saturated heterocycles. The average molecular weight is 285 g/mol. The molecule has 0 aliphatic carbocycles. The van der Waals surface area contributed by atoms with Crippen molar-refractivity contribution < 1.29 is 0 Å². The van der Waals surface area contributed by atoms with Crippen molar-refractivity contribution >= 4 is 0 Å². The number of aromatic nitrogens is 2. The second-order valence-electron chi connectivity index (χ2n) is 5.94. The molecule has 0 amide bonds. The van der Waals surface area contributed by atoms with Crippen LogP contribution in [0.25, 0.3) is 0 Å². The van der Waals surface area contributed by atoms with Gasteiger partial charge in [-0.15, -0.1) is 0 Å². The van der Waals surface area contributed by atoms with Gasteiger partial charge in [0.25, 0.3) is 0 Å². The van der Waals surface area contributed by atoms with Crippen LogP contribution in [0.5, 0.6) is 0 Å². The summed E-state index contributed by atoms with van der Waals surface area (Å²) in [6.07, 6.45) is 2.83. The van der Waals surface area contributed by atoms with Crippen LogP contribution in [0.2, 0.25) is 0 Å². The van der Waals surface area contributed by atoms with Crippen molar-refractivity contribution in [3.63, 3.8) is 0 Å². The summed E-state index contributed by atoms with van der Waals surface area (Å²) in [6.45, 7) is 9.42. The highest BCUT2D eigenvalue weighted by atomic mass is 15.3. The Hall–Kier alpha value is -1.61. The van der Waals surface area contributed by atoms with Crippen LogP contribution in [-0.4, -0.2) is 9.78 Å². The molecular weight excluding hydrogens is 258 g/mol. The van der Waals surface area contributed by atoms with Crippen LogP contribution in [0.15, 0.2) is 30.3 Å². The Morgan fingerprint density at radius 3 is 2.29 bits per heavy atom. The Bertz CT molecular complexity index is 579. The van der Waals surface area contributed by atoms with Gasteiger partial charge < -0.3 is 5.73 Å². The van der Waals surface area contributed by atoms with Crippen molar-refractivity contribution in [2.75, 3.05) is 0 Å². The first-order chi connectivity index (χ1) is 10.00. The first-order valence-corrected chi connectivity index (χ1v) is 7.94. The topological polar surface area (TPSA) is 43.8 Å². The molecule has 0 radical (unpaired) electrons. The number of nitrogens with two attached hydrogens (primary N) is 1. The molecule has 0 saturated carbocycles. The molecule has 1 unspecified atom stereocenters. The van der Waals surface area contributed by atoms with Gasteiger partial charge in [0.15, 0.2) is 0 Å². The minimum Gasteiger partial charge on any atom is -0.321 e. The molecule has 1 aromatic carbocycles. The molecule has 0 aliphatic heterocycles. The van der Waals surface area contributed by atoms with Crippen LogP contribution in [0.3, 0.4) is 0 Å². The Labute approximate surface area is 128 Å². The summed E-state index contributed by atoms with van der Waals surface area (Å²) in [7, 11) is 0. The maximum absolute atomic E-state index is 6.59. The van der Waals surface area contributed by atoms with E-state index in [1.807, 2.05) is 0 Å². The van der Waals surface area contributed by atoms with Gasteiger partial charge in [-0.05, 0) is 43.9 Å². The van der Waals surface area contributed by atoms with Crippen molar-refractivity contribution in [3.05, 3.63) is 52.8 Å². The lowest BCUT2D eigenvalue weighted by Gasteiger charge is -2.25. The number of rotatable bonds is 6. The third-order valence-electron chi connectivity index (χ3n) is 4.15. The zero-order valence-corrected chi connectivity index (χ0v) is 13.7. The molecule has 2 rings (SSSR count). The summed E-state index contributed by atoms with van der Waals surface area (Å²) < 4.78 is 2.07. The second kappa shape index (κ2) is 6.44. The van der Waals surface area contributed by atoms with E-state index in [2.05, 4.69) is 67.8 Å². The standard InChI is InChI=1S/C18H27N3/c1-5-14-8-10-15(11-9-14)18(4,19)13-17-12-16(6-2)20-21(17)7-3/h8-12H,5-7,13,19H2,1-4H3. The van der Waals surface area contributed by atoms with Crippen molar-refractivity contribution in [2.24, 2.45) is 5.73 Å². The zero-order chi connectivity index (χ0) is 15.5. The van der Waals surface area contributed by atoms with Gasteiger partial charge in [-0.25, -0.2) is 0 Å². The van der Waals surface area contributed by atoms with Crippen molar-refractivity contribution in [1.82, 2.24) is 9.78 Å². The quantitative estimate of drug-likeness (QED) is 0.883. The van der Waals surface area contributed by atoms with E-state index in [-0.39, 0.29) is 5.54 Å². The van der Waals surface area contributed by atoms with Crippen molar-refractivity contribution in [3.8, 4) is 0 Å². The van der Waals surface area contributed by atoms with Crippen molar-refractivity contribution in [2.45, 2.75) is 59.0 Å². The smallest absolute Gasteiger partial charge is 0.0624 e. The lowest BCUT2D eigenvalue weighted by molar-refractivity contribution is 0.463. The SMILES string of the molecule is CCc1ccc(C(C)(N)Cc2cc(CC)nn2CC)cc1. The van der Waals surface area contributed by atoms with Crippen LogP contribution in [0.4, 0.5) is 0 Å². The van der Waals surface area contributed by atoms with Crippen LogP contribution >= 0.6 is 0 Å². The minimum atomic E-state index is -0.371. The van der Waals surface area contributed by atoms with Crippen LogP contribution in [0.1, 0.15) is 50.2 Å². The van der Waals surface area contributed by atoms with E-state index in [1.54, 1.807) is 0 Å². The summed E-state index contributed by atoms with van der Waals surface area (Å²) in [6, 6.07) is 10.9. The van der Waals surface area contributed by atoms with E-state index in [4.69, 9.17) is 5.73 Å². The fourth-order valence-electron chi connectivity index (χ4n) is 2.70. The molecule has 1 aromatic heterocycles. The Morgan fingerprint density at radius 1 is 1.10 bits per heavy atom. The highest BCUT2D eigenvalue weighted by molar-refractivity contribution is 5.29. The van der Waals surface area contributed by atoms with Gasteiger partial charge in [0, 0.05) is 24.2 Å². The molecule has 3 heteroatoms. The largest absolute Gasteiger partial charge is 0.321 e. The summed E-state index contributed by atoms with van der Waals surface area (Å²) in [4.78, 5) is 0. The van der Waals surface area contributed by atoms with E-state index in [9.17, 15) is 0 Å². The highest BCUT2D eigenvalue weighted by Gasteiger charge is 2.24. The molecule has 2 aromatic rings. The Morgan fingerprint density at radius 2 is 1.76 bits per heavy atom. The van der Waals surface area contributed by atoms with E-state index in [1.165, 1.54) is 16.8 Å². The number of benzene rings is 1. The number of aryl methyl sites for hydroxylation is 3. The molecule has 2 N–H and O–H groups in total. The van der Waals surface area contributed by atoms with E-state index in [0.29, 0.717) is 0 Å². The first-order valence-electron chi connectivity index (χ1n) is 7.94. The van der Waals surface area contributed by atoms with Crippen LogP contribution < -0.4 is 5.73 Å². The van der Waals surface area contributed by atoms with Gasteiger partial charge in [0.05, 0.1) is 5.69 Å². The van der Waals surface area contributed by atoms with Gasteiger partial charge in [0.1, 0.15) is 0 Å². The summed E-state index contributed by atoms with van der Waals surface area (Å²) in [5, 5.41) is 4.61. The second-order valence-corrected chi connectivity index (χ2v) is 5.94. The van der Waals surface area contributed by atoms with Gasteiger partial charge in [-0.2, -0.15) is 5.10 Å². The molecule has 0 aliphatic rings. The van der Waals surface area contributed by atoms with E-state index < -0.39 is 0 Å². The third kappa shape index (κ3) is 3.53. The predicted molar refractivity (Wildman–Crippen MR) is 88.3 cm³/mol. The van der Waals surface area contributed by atoms with Gasteiger partial charge >= 0.3 is 0 Å². The van der Waals surface area contributed by atoms with Gasteiger partial charge in [0.2, 0.25) is 0 Å². The van der Waals surface area contributed by atoms with Crippen LogP contribution in [-0.2, 0) is 31.3 Å². The summed E-state index contributed by atoms with van der Waals surface area (Å²) in [5.74, 6) is 0. The molecular formula is C18H27N3. The van der Waals surface area contributed by atoms with E-state index in [0.717, 1.165) is 31.5 Å². The Balaban J connectivity index is 2.25. The summed E-state index contributed by atoms with van der Waals surface area (Å²) >= 11 is 0. The van der Waals surface area contributed by atoms with E-state index >= 15 is 0 Å². The third-order valence-corrected chi connectivity index (χ3v) is 4.15. The predicted octanol–water partition coefficient (Wildman–Crippen LogP) is 3.44. The Kier molecular flexibility index (Phi) is 4.84. The average Bonchev–Trinajstić information content (AvgIpc) is 2.88. The lowest BCUT2D eigenvalue weighted by Crippen LogP contribution is -2.36. The first kappa shape index (κ1) is 15.8. The highest BCUT2D eigenvalue weighted by Crippen LogP contribution is 2.24. The molecule has 21 heavy (non-hydrogen) atoms. The molecule has 1 heterocycles. The fourth-order valence-corrected chi connectivity index (χ4v) is 2.70. The molecule has 114 valence electrons. The zero-order valence-electron chi connectivity index (χ0n) is 13.7. The van der Waals surface area contributed by atoms with Gasteiger partial charge in [-0.1, -0.05) is 38.1 Å². The normalized spacial score (nSPS) is 14.1. The molecule has 1 atom stereocenters. The molecule has 0 fully saturated rings. The molecule has 0 bridgehead atoms. The number of hydrogen-bond donors (Lipinski definition) is 1. The monoisotopic (exact) mass is 285 g/mol. The maximum atomic E-state index is 6.59. The van der Waals surface area contributed by atoms with Crippen LogP contribution in [0, 0.1) is 0 Å². The minimum absolute atomic E-state index is 0.371. The lowest BCUT2D eigenvalue weighted by atomic mass is 9.87.